The summed E-state index contributed by atoms with van der Waals surface area (Å²) in [5, 5.41) is 11.9. The second kappa shape index (κ2) is 6.22. The van der Waals surface area contributed by atoms with Crippen molar-refractivity contribution in [3.05, 3.63) is 64.1 Å². The van der Waals surface area contributed by atoms with Gasteiger partial charge in [0.25, 0.3) is 0 Å². The van der Waals surface area contributed by atoms with Gasteiger partial charge in [0.1, 0.15) is 6.04 Å². The maximum Gasteiger partial charge on any atom is 0.244 e. The Morgan fingerprint density at radius 3 is 2.25 bits per heavy atom. The van der Waals surface area contributed by atoms with Crippen LogP contribution in [0.15, 0.2) is 53.0 Å². The van der Waals surface area contributed by atoms with Gasteiger partial charge in [-0.2, -0.15) is 5.26 Å². The van der Waals surface area contributed by atoms with Gasteiger partial charge in [-0.15, -0.1) is 0 Å². The highest BCUT2D eigenvalue weighted by Gasteiger charge is 2.17. The van der Waals surface area contributed by atoms with E-state index in [1.165, 1.54) is 0 Å². The molecule has 100 valence electrons. The fourth-order valence-electron chi connectivity index (χ4n) is 1.78. The fraction of sp³-hybridized carbons (Fsp3) is 0.0667. The van der Waals surface area contributed by atoms with Gasteiger partial charge in [0.05, 0.1) is 11.6 Å². The first-order valence-electron chi connectivity index (χ1n) is 5.91. The summed E-state index contributed by atoms with van der Waals surface area (Å²) in [6, 6.07) is 15.6. The van der Waals surface area contributed by atoms with E-state index in [0.29, 0.717) is 5.56 Å². The lowest BCUT2D eigenvalue weighted by Gasteiger charge is -2.17. The molecule has 1 amide bonds. The largest absolute Gasteiger partial charge is 0.370 e. The Morgan fingerprint density at radius 1 is 1.15 bits per heavy atom. The molecule has 20 heavy (non-hydrogen) atoms. The molecule has 2 aromatic rings. The lowest BCUT2D eigenvalue weighted by Crippen LogP contribution is -2.27. The van der Waals surface area contributed by atoms with E-state index in [0.717, 1.165) is 15.7 Å². The van der Waals surface area contributed by atoms with Crippen molar-refractivity contribution >= 4 is 27.5 Å². The molecule has 0 heterocycles. The Balaban J connectivity index is 2.24. The van der Waals surface area contributed by atoms with Crippen molar-refractivity contribution in [1.29, 1.82) is 5.26 Å². The van der Waals surface area contributed by atoms with Crippen LogP contribution in [0.2, 0.25) is 0 Å². The van der Waals surface area contributed by atoms with Crippen LogP contribution in [0.5, 0.6) is 0 Å². The molecule has 2 aromatic carbocycles. The molecule has 0 aliphatic carbocycles. The maximum atomic E-state index is 11.6. The summed E-state index contributed by atoms with van der Waals surface area (Å²) in [4.78, 5) is 11.6. The number of nitrogens with one attached hydrogen (secondary N) is 1. The minimum Gasteiger partial charge on any atom is -0.370 e. The maximum absolute atomic E-state index is 11.6. The van der Waals surface area contributed by atoms with E-state index in [1.807, 2.05) is 30.3 Å². The molecule has 0 saturated carbocycles. The lowest BCUT2D eigenvalue weighted by atomic mass is 10.0. The first kappa shape index (κ1) is 14.1. The summed E-state index contributed by atoms with van der Waals surface area (Å²) in [6.45, 7) is 0. The standard InChI is InChI=1S/C15H12BrN3O/c16-12-5-7-13(8-6-12)19-14(15(18)20)11-3-1-10(9-17)2-4-11/h1-8,14,19H,(H2,18,20). The highest BCUT2D eigenvalue weighted by molar-refractivity contribution is 9.10. The summed E-state index contributed by atoms with van der Waals surface area (Å²) in [6.07, 6.45) is 0. The van der Waals surface area contributed by atoms with Gasteiger partial charge in [-0.1, -0.05) is 28.1 Å². The molecule has 1 unspecified atom stereocenters. The van der Waals surface area contributed by atoms with E-state index in [4.69, 9.17) is 11.0 Å². The van der Waals surface area contributed by atoms with Crippen molar-refractivity contribution in [2.45, 2.75) is 6.04 Å². The topological polar surface area (TPSA) is 78.9 Å². The third-order valence-electron chi connectivity index (χ3n) is 2.81. The Hall–Kier alpha value is -2.32. The monoisotopic (exact) mass is 329 g/mol. The van der Waals surface area contributed by atoms with Crippen molar-refractivity contribution in [1.82, 2.24) is 0 Å². The van der Waals surface area contributed by atoms with Crippen LogP contribution < -0.4 is 11.1 Å². The van der Waals surface area contributed by atoms with E-state index in [1.54, 1.807) is 24.3 Å². The molecule has 2 rings (SSSR count). The Labute approximate surface area is 125 Å². The third kappa shape index (κ3) is 3.37. The van der Waals surface area contributed by atoms with Crippen molar-refractivity contribution < 1.29 is 4.79 Å². The van der Waals surface area contributed by atoms with Crippen LogP contribution in [0.25, 0.3) is 0 Å². The summed E-state index contributed by atoms with van der Waals surface area (Å²) in [7, 11) is 0. The fourth-order valence-corrected chi connectivity index (χ4v) is 2.05. The number of nitriles is 1. The normalized spacial score (nSPS) is 11.4. The zero-order valence-electron chi connectivity index (χ0n) is 10.5. The average Bonchev–Trinajstić information content (AvgIpc) is 2.46. The number of carbonyl (C=O) groups is 1. The second-order valence-corrected chi connectivity index (χ2v) is 5.14. The van der Waals surface area contributed by atoms with Crippen molar-refractivity contribution in [3.8, 4) is 6.07 Å². The Kier molecular flexibility index (Phi) is 4.38. The van der Waals surface area contributed by atoms with Crippen LogP contribution in [0, 0.1) is 11.3 Å². The number of carbonyl (C=O) groups excluding carboxylic acids is 1. The van der Waals surface area contributed by atoms with Crippen LogP contribution in [-0.4, -0.2) is 5.91 Å². The van der Waals surface area contributed by atoms with Gasteiger partial charge in [-0.3, -0.25) is 4.79 Å². The number of halogens is 1. The van der Waals surface area contributed by atoms with Gasteiger partial charge >= 0.3 is 0 Å². The van der Waals surface area contributed by atoms with Crippen LogP contribution in [0.4, 0.5) is 5.69 Å². The van der Waals surface area contributed by atoms with Gasteiger partial charge in [0, 0.05) is 10.2 Å². The van der Waals surface area contributed by atoms with Crippen molar-refractivity contribution in [2.24, 2.45) is 5.73 Å². The predicted octanol–water partition coefficient (Wildman–Crippen LogP) is 2.96. The summed E-state index contributed by atoms with van der Waals surface area (Å²) in [5.41, 5.74) is 7.50. The molecule has 0 fully saturated rings. The molecule has 0 bridgehead atoms. The average molecular weight is 330 g/mol. The number of rotatable bonds is 4. The number of nitrogens with two attached hydrogens (primary N) is 1. The quantitative estimate of drug-likeness (QED) is 0.904. The molecule has 0 aliphatic rings. The number of anilines is 1. The first-order valence-corrected chi connectivity index (χ1v) is 6.71. The van der Waals surface area contributed by atoms with E-state index in [9.17, 15) is 4.79 Å². The highest BCUT2D eigenvalue weighted by atomic mass is 79.9. The van der Waals surface area contributed by atoms with E-state index in [-0.39, 0.29) is 0 Å². The zero-order valence-corrected chi connectivity index (χ0v) is 12.1. The second-order valence-electron chi connectivity index (χ2n) is 4.22. The van der Waals surface area contributed by atoms with Crippen molar-refractivity contribution in [3.63, 3.8) is 0 Å². The highest BCUT2D eigenvalue weighted by Crippen LogP contribution is 2.21. The van der Waals surface area contributed by atoms with Crippen LogP contribution in [0.3, 0.4) is 0 Å². The number of amides is 1. The zero-order chi connectivity index (χ0) is 14.5. The molecule has 0 radical (unpaired) electrons. The molecule has 0 aromatic heterocycles. The summed E-state index contributed by atoms with van der Waals surface area (Å²) >= 11 is 3.35. The minimum absolute atomic E-state index is 0.474. The SMILES string of the molecule is N#Cc1ccc(C(Nc2ccc(Br)cc2)C(N)=O)cc1. The Morgan fingerprint density at radius 2 is 1.75 bits per heavy atom. The molecule has 0 saturated heterocycles. The molecule has 3 N–H and O–H groups in total. The van der Waals surface area contributed by atoms with Gasteiger partial charge in [-0.05, 0) is 42.0 Å². The molecule has 4 nitrogen and oxygen atoms in total. The molecule has 0 spiro atoms. The molecular weight excluding hydrogens is 318 g/mol. The van der Waals surface area contributed by atoms with Gasteiger partial charge < -0.3 is 11.1 Å². The van der Waals surface area contributed by atoms with E-state index in [2.05, 4.69) is 21.2 Å². The van der Waals surface area contributed by atoms with E-state index >= 15 is 0 Å². The summed E-state index contributed by atoms with van der Waals surface area (Å²) in [5.74, 6) is -0.474. The number of nitrogens with zero attached hydrogens (tertiary/aromatic N) is 1. The van der Waals surface area contributed by atoms with Gasteiger partial charge in [-0.25, -0.2) is 0 Å². The lowest BCUT2D eigenvalue weighted by molar-refractivity contribution is -0.118. The number of hydrogen-bond acceptors (Lipinski definition) is 3. The van der Waals surface area contributed by atoms with Gasteiger partial charge in [0.2, 0.25) is 5.91 Å². The first-order chi connectivity index (χ1) is 9.60. The molecule has 1 atom stereocenters. The third-order valence-corrected chi connectivity index (χ3v) is 3.34. The molecular formula is C15H12BrN3O. The number of hydrogen-bond donors (Lipinski definition) is 2. The van der Waals surface area contributed by atoms with Crippen LogP contribution >= 0.6 is 15.9 Å². The van der Waals surface area contributed by atoms with Crippen molar-refractivity contribution in [2.75, 3.05) is 5.32 Å². The number of primary amides is 1. The molecule has 5 heteroatoms. The predicted molar refractivity (Wildman–Crippen MR) is 80.9 cm³/mol. The smallest absolute Gasteiger partial charge is 0.244 e. The minimum atomic E-state index is -0.635. The van der Waals surface area contributed by atoms with Crippen LogP contribution in [-0.2, 0) is 4.79 Å². The molecule has 0 aliphatic heterocycles. The van der Waals surface area contributed by atoms with Crippen LogP contribution in [0.1, 0.15) is 17.2 Å². The van der Waals surface area contributed by atoms with Gasteiger partial charge in [0.15, 0.2) is 0 Å². The Bertz CT molecular complexity index is 644. The summed E-state index contributed by atoms with van der Waals surface area (Å²) < 4.78 is 0.956. The number of benzene rings is 2. The van der Waals surface area contributed by atoms with E-state index < -0.39 is 11.9 Å².